The van der Waals surface area contributed by atoms with Gasteiger partial charge in [0.2, 0.25) is 0 Å². The summed E-state index contributed by atoms with van der Waals surface area (Å²) in [7, 11) is 0. The van der Waals surface area contributed by atoms with Crippen LogP contribution in [-0.2, 0) is 0 Å². The van der Waals surface area contributed by atoms with Crippen LogP contribution in [0, 0.1) is 5.82 Å². The number of benzene rings is 1. The molecule has 0 saturated carbocycles. The second kappa shape index (κ2) is 7.79. The van der Waals surface area contributed by atoms with Gasteiger partial charge in [0.1, 0.15) is 17.5 Å². The van der Waals surface area contributed by atoms with E-state index in [4.69, 9.17) is 16.6 Å². The molecule has 1 fully saturated rings. The number of halogens is 2. The molecule has 1 N–H and O–H groups in total. The molecule has 1 atom stereocenters. The first-order chi connectivity index (χ1) is 13.5. The highest BCUT2D eigenvalue weighted by Gasteiger charge is 2.28. The number of carbonyl (C=O) groups is 1. The predicted molar refractivity (Wildman–Crippen MR) is 108 cm³/mol. The SMILES string of the molecule is CCC1CN2C=NC(N3CCN(C(=O)Nc4ccc(Cl)cc4F)CC3)=CC2=N1. The van der Waals surface area contributed by atoms with Gasteiger partial charge in [-0.3, -0.25) is 4.99 Å². The first-order valence-electron chi connectivity index (χ1n) is 9.39. The van der Waals surface area contributed by atoms with Gasteiger partial charge >= 0.3 is 6.03 Å². The summed E-state index contributed by atoms with van der Waals surface area (Å²) >= 11 is 5.75. The van der Waals surface area contributed by atoms with E-state index in [-0.39, 0.29) is 11.7 Å². The van der Waals surface area contributed by atoms with E-state index >= 15 is 0 Å². The van der Waals surface area contributed by atoms with Crippen LogP contribution < -0.4 is 5.32 Å². The van der Waals surface area contributed by atoms with Crippen molar-refractivity contribution in [2.24, 2.45) is 9.98 Å². The highest BCUT2D eigenvalue weighted by atomic mass is 35.5. The zero-order chi connectivity index (χ0) is 19.7. The Morgan fingerprint density at radius 2 is 2.11 bits per heavy atom. The molecular formula is C19H22ClFN6O. The normalized spacial score (nSPS) is 21.4. The number of nitrogens with zero attached hydrogens (tertiary/aromatic N) is 5. The summed E-state index contributed by atoms with van der Waals surface area (Å²) in [4.78, 5) is 27.6. The van der Waals surface area contributed by atoms with Crippen LogP contribution >= 0.6 is 11.6 Å². The second-order valence-corrected chi connectivity index (χ2v) is 7.41. The fourth-order valence-electron chi connectivity index (χ4n) is 3.45. The summed E-state index contributed by atoms with van der Waals surface area (Å²) in [6.45, 7) is 5.39. The Bertz CT molecular complexity index is 862. The summed E-state index contributed by atoms with van der Waals surface area (Å²) < 4.78 is 13.9. The Labute approximate surface area is 168 Å². The summed E-state index contributed by atoms with van der Waals surface area (Å²) in [5.74, 6) is 1.28. The molecule has 2 amide bonds. The standard InChI is InChI=1S/C19H22ClFN6O/c1-2-14-11-27-12-22-17(10-18(27)23-14)25-5-7-26(8-6-25)19(28)24-16-4-3-13(20)9-15(16)21/h3-4,9-10,12,14H,2,5-8,11H2,1H3,(H,24,28). The van der Waals surface area contributed by atoms with Crippen molar-refractivity contribution in [3.8, 4) is 0 Å². The van der Waals surface area contributed by atoms with Crippen molar-refractivity contribution >= 4 is 35.5 Å². The largest absolute Gasteiger partial charge is 0.353 e. The molecule has 148 valence electrons. The third-order valence-corrected chi connectivity index (χ3v) is 5.37. The van der Waals surface area contributed by atoms with E-state index < -0.39 is 5.82 Å². The van der Waals surface area contributed by atoms with Crippen LogP contribution in [0.25, 0.3) is 0 Å². The Morgan fingerprint density at radius 3 is 2.82 bits per heavy atom. The quantitative estimate of drug-likeness (QED) is 0.842. The Morgan fingerprint density at radius 1 is 1.32 bits per heavy atom. The number of amides is 2. The first kappa shape index (κ1) is 18.7. The minimum absolute atomic E-state index is 0.126. The number of aliphatic imine (C=N–C) groups is 2. The van der Waals surface area contributed by atoms with Crippen molar-refractivity contribution in [1.82, 2.24) is 14.7 Å². The smallest absolute Gasteiger partial charge is 0.322 e. The first-order valence-corrected chi connectivity index (χ1v) is 9.77. The van der Waals surface area contributed by atoms with Gasteiger partial charge in [0.15, 0.2) is 0 Å². The van der Waals surface area contributed by atoms with E-state index in [1.165, 1.54) is 12.1 Å². The van der Waals surface area contributed by atoms with Gasteiger partial charge in [-0.2, -0.15) is 0 Å². The summed E-state index contributed by atoms with van der Waals surface area (Å²) in [5, 5.41) is 2.90. The van der Waals surface area contributed by atoms with Crippen molar-refractivity contribution in [2.45, 2.75) is 19.4 Å². The van der Waals surface area contributed by atoms with E-state index in [0.717, 1.165) is 24.6 Å². The average Bonchev–Trinajstić information content (AvgIpc) is 3.12. The second-order valence-electron chi connectivity index (χ2n) is 6.98. The van der Waals surface area contributed by atoms with Crippen LogP contribution in [0.15, 0.2) is 40.1 Å². The van der Waals surface area contributed by atoms with Gasteiger partial charge < -0.3 is 20.0 Å². The number of piperazine rings is 1. The van der Waals surface area contributed by atoms with Crippen LogP contribution in [0.4, 0.5) is 14.9 Å². The van der Waals surface area contributed by atoms with Gasteiger partial charge in [-0.05, 0) is 24.6 Å². The van der Waals surface area contributed by atoms with Gasteiger partial charge in [0.25, 0.3) is 0 Å². The third kappa shape index (κ3) is 3.82. The topological polar surface area (TPSA) is 63.5 Å². The minimum atomic E-state index is -0.548. The molecule has 0 aromatic heterocycles. The number of hydrogen-bond donors (Lipinski definition) is 1. The molecule has 0 radical (unpaired) electrons. The molecule has 7 nitrogen and oxygen atoms in total. The van der Waals surface area contributed by atoms with E-state index in [0.29, 0.717) is 37.2 Å². The molecule has 1 unspecified atom stereocenters. The van der Waals surface area contributed by atoms with Gasteiger partial charge in [0.05, 0.1) is 18.1 Å². The highest BCUT2D eigenvalue weighted by molar-refractivity contribution is 6.30. The van der Waals surface area contributed by atoms with Crippen LogP contribution in [0.5, 0.6) is 0 Å². The maximum absolute atomic E-state index is 13.9. The molecule has 1 aromatic carbocycles. The van der Waals surface area contributed by atoms with Crippen LogP contribution in [-0.4, -0.2) is 71.7 Å². The monoisotopic (exact) mass is 404 g/mol. The maximum Gasteiger partial charge on any atom is 0.322 e. The van der Waals surface area contributed by atoms with Gasteiger partial charge in [-0.15, -0.1) is 0 Å². The number of anilines is 1. The van der Waals surface area contributed by atoms with E-state index in [1.54, 1.807) is 11.0 Å². The van der Waals surface area contributed by atoms with E-state index in [9.17, 15) is 9.18 Å². The fraction of sp³-hybridized carbons (Fsp3) is 0.421. The molecule has 1 aromatic rings. The fourth-order valence-corrected chi connectivity index (χ4v) is 3.61. The summed E-state index contributed by atoms with van der Waals surface area (Å²) in [6.07, 6.45) is 4.86. The van der Waals surface area contributed by atoms with Crippen LogP contribution in [0.1, 0.15) is 13.3 Å². The zero-order valence-corrected chi connectivity index (χ0v) is 16.4. The van der Waals surface area contributed by atoms with Crippen molar-refractivity contribution in [1.29, 1.82) is 0 Å². The third-order valence-electron chi connectivity index (χ3n) is 5.14. The Balaban J connectivity index is 1.34. The molecule has 3 aliphatic heterocycles. The lowest BCUT2D eigenvalue weighted by Gasteiger charge is -2.36. The van der Waals surface area contributed by atoms with Crippen molar-refractivity contribution in [2.75, 3.05) is 38.0 Å². The number of hydrogen-bond acceptors (Lipinski definition) is 5. The molecule has 9 heteroatoms. The lowest BCUT2D eigenvalue weighted by molar-refractivity contribution is 0.166. The lowest BCUT2D eigenvalue weighted by Crippen LogP contribution is -2.50. The maximum atomic E-state index is 13.9. The number of fused-ring (bicyclic) bond motifs is 1. The molecular weight excluding hydrogens is 383 g/mol. The van der Waals surface area contributed by atoms with Crippen LogP contribution in [0.2, 0.25) is 5.02 Å². The van der Waals surface area contributed by atoms with Crippen molar-refractivity contribution < 1.29 is 9.18 Å². The Kier molecular flexibility index (Phi) is 5.21. The van der Waals surface area contributed by atoms with Gasteiger partial charge in [0, 0.05) is 43.8 Å². The van der Waals surface area contributed by atoms with E-state index in [1.807, 2.05) is 12.4 Å². The minimum Gasteiger partial charge on any atom is -0.353 e. The average molecular weight is 405 g/mol. The molecule has 0 aliphatic carbocycles. The molecule has 1 saturated heterocycles. The van der Waals surface area contributed by atoms with Crippen molar-refractivity contribution in [3.05, 3.63) is 40.9 Å². The molecule has 3 aliphatic rings. The highest BCUT2D eigenvalue weighted by Crippen LogP contribution is 2.21. The lowest BCUT2D eigenvalue weighted by atomic mass is 10.2. The molecule has 28 heavy (non-hydrogen) atoms. The van der Waals surface area contributed by atoms with Gasteiger partial charge in [-0.25, -0.2) is 14.2 Å². The number of rotatable bonds is 3. The summed E-state index contributed by atoms with van der Waals surface area (Å²) in [5.41, 5.74) is 0.126. The van der Waals surface area contributed by atoms with Crippen molar-refractivity contribution in [3.63, 3.8) is 0 Å². The predicted octanol–water partition coefficient (Wildman–Crippen LogP) is 3.00. The molecule has 4 rings (SSSR count). The number of nitrogens with one attached hydrogen (secondary N) is 1. The van der Waals surface area contributed by atoms with Gasteiger partial charge in [-0.1, -0.05) is 18.5 Å². The van der Waals surface area contributed by atoms with E-state index in [2.05, 4.69) is 27.0 Å². The zero-order valence-electron chi connectivity index (χ0n) is 15.6. The van der Waals surface area contributed by atoms with Crippen LogP contribution in [0.3, 0.4) is 0 Å². The summed E-state index contributed by atoms with van der Waals surface area (Å²) in [6, 6.07) is 4.19. The molecule has 0 spiro atoms. The molecule has 3 heterocycles. The Hall–Kier alpha value is -2.61. The number of amidine groups is 1. The number of carbonyl (C=O) groups excluding carboxylic acids is 1. The number of urea groups is 1. The molecule has 0 bridgehead atoms.